The van der Waals surface area contributed by atoms with Crippen LogP contribution in [0.15, 0.2) is 83.9 Å². The Labute approximate surface area is 260 Å². The summed E-state index contributed by atoms with van der Waals surface area (Å²) in [7, 11) is 0. The molecular weight excluding hydrogens is 579 g/mol. The Balaban J connectivity index is 1.46. The fourth-order valence-electron chi connectivity index (χ4n) is 6.66. The van der Waals surface area contributed by atoms with Gasteiger partial charge in [0.25, 0.3) is 5.69 Å². The van der Waals surface area contributed by atoms with Crippen molar-refractivity contribution in [2.45, 2.75) is 39.2 Å². The van der Waals surface area contributed by atoms with E-state index in [0.717, 1.165) is 21.6 Å². The highest BCUT2D eigenvalue weighted by Crippen LogP contribution is 2.49. The lowest BCUT2D eigenvalue weighted by Crippen LogP contribution is -2.39. The first kappa shape index (κ1) is 31.7. The predicted octanol–water partition coefficient (Wildman–Crippen LogP) is 5.89. The zero-order valence-electron chi connectivity index (χ0n) is 25.0. The molecular formula is C35H35FN2O7. The van der Waals surface area contributed by atoms with Gasteiger partial charge in [-0.05, 0) is 65.7 Å². The quantitative estimate of drug-likeness (QED) is 0.0850. The topological polar surface area (TPSA) is 141 Å². The van der Waals surface area contributed by atoms with Crippen molar-refractivity contribution in [2.24, 2.45) is 23.7 Å². The fourth-order valence-corrected chi connectivity index (χ4v) is 6.66. The first-order valence-electron chi connectivity index (χ1n) is 14.9. The minimum absolute atomic E-state index is 0.0940. The maximum Gasteiger partial charge on any atom is 0.271 e. The molecule has 3 N–H and O–H groups in total. The van der Waals surface area contributed by atoms with Crippen LogP contribution in [0.25, 0.3) is 11.6 Å². The lowest BCUT2D eigenvalue weighted by molar-refractivity contribution is -0.384. The molecule has 2 aliphatic rings. The standard InChI is InChI=1S/C35H35FN2O7/c1-20(2)26-18-27-33(35(43)37(34(27)42)24-9-6-10-25(17-24)38(44)45)28(19-39)32(26)31(41)14-12-23(22-7-4-3-5-8-22)15-21-11-13-30(40)29(36)16-21/h3-11,13,15-17,20,27-28,31,33,39-41H,12,14,18-19H2,1-2H3/b23-15-/t27-,28+,31-,33-/m1/s1. The molecule has 234 valence electrons. The number of phenolic OH excluding ortho intramolecular Hbond substituents is 1. The van der Waals surface area contributed by atoms with Gasteiger partial charge < -0.3 is 15.3 Å². The average Bonchev–Trinajstić information content (AvgIpc) is 3.29. The minimum Gasteiger partial charge on any atom is -0.505 e. The van der Waals surface area contributed by atoms with Gasteiger partial charge >= 0.3 is 0 Å². The third kappa shape index (κ3) is 6.29. The highest BCUT2D eigenvalue weighted by Gasteiger charge is 2.55. The Morgan fingerprint density at radius 3 is 2.44 bits per heavy atom. The number of aromatic hydroxyl groups is 1. The summed E-state index contributed by atoms with van der Waals surface area (Å²) in [5.41, 5.74) is 3.39. The number of hydrogen-bond acceptors (Lipinski definition) is 7. The van der Waals surface area contributed by atoms with Gasteiger partial charge in [0.05, 0.1) is 35.2 Å². The van der Waals surface area contributed by atoms with Gasteiger partial charge in [-0.25, -0.2) is 9.29 Å². The van der Waals surface area contributed by atoms with Crippen molar-refractivity contribution in [3.63, 3.8) is 0 Å². The van der Waals surface area contributed by atoms with Crippen molar-refractivity contribution in [3.05, 3.63) is 111 Å². The molecule has 1 aliphatic carbocycles. The van der Waals surface area contributed by atoms with Gasteiger partial charge in [0.2, 0.25) is 11.8 Å². The second kappa shape index (κ2) is 13.1. The van der Waals surface area contributed by atoms with Crippen molar-refractivity contribution in [1.82, 2.24) is 0 Å². The van der Waals surface area contributed by atoms with Gasteiger partial charge in [-0.2, -0.15) is 0 Å². The number of hydrogen-bond donors (Lipinski definition) is 3. The number of nitrogens with zero attached hydrogens (tertiary/aromatic N) is 2. The summed E-state index contributed by atoms with van der Waals surface area (Å²) in [6, 6.07) is 18.9. The maximum absolute atomic E-state index is 14.1. The van der Waals surface area contributed by atoms with E-state index in [9.17, 15) is 39.4 Å². The molecule has 9 nitrogen and oxygen atoms in total. The number of allylic oxidation sites excluding steroid dienone is 2. The van der Waals surface area contributed by atoms with Crippen molar-refractivity contribution in [1.29, 1.82) is 0 Å². The van der Waals surface area contributed by atoms with E-state index in [1.54, 1.807) is 12.1 Å². The Bertz CT molecular complexity index is 1680. The van der Waals surface area contributed by atoms with Gasteiger partial charge in [0, 0.05) is 18.1 Å². The Kier molecular flexibility index (Phi) is 9.27. The molecule has 45 heavy (non-hydrogen) atoms. The number of rotatable bonds is 10. The number of carbonyl (C=O) groups is 2. The molecule has 10 heteroatoms. The lowest BCUT2D eigenvalue weighted by Gasteiger charge is -2.38. The zero-order valence-corrected chi connectivity index (χ0v) is 25.0. The average molecular weight is 615 g/mol. The first-order valence-corrected chi connectivity index (χ1v) is 14.9. The molecule has 0 radical (unpaired) electrons. The van der Waals surface area contributed by atoms with Crippen LogP contribution in [-0.4, -0.2) is 44.8 Å². The Morgan fingerprint density at radius 1 is 1.07 bits per heavy atom. The molecule has 3 aromatic carbocycles. The summed E-state index contributed by atoms with van der Waals surface area (Å²) in [6.07, 6.45) is 1.53. The van der Waals surface area contributed by atoms with E-state index < -0.39 is 58.8 Å². The van der Waals surface area contributed by atoms with Crippen LogP contribution in [0, 0.1) is 39.6 Å². The number of amides is 2. The number of nitro groups is 1. The van der Waals surface area contributed by atoms with Crippen LogP contribution in [0.3, 0.4) is 0 Å². The number of nitro benzene ring substituents is 1. The second-order valence-corrected chi connectivity index (χ2v) is 11.9. The number of benzene rings is 3. The fraction of sp³-hybridized carbons (Fsp3) is 0.314. The third-order valence-corrected chi connectivity index (χ3v) is 8.82. The Morgan fingerprint density at radius 2 is 1.80 bits per heavy atom. The van der Waals surface area contributed by atoms with Crippen molar-refractivity contribution in [2.75, 3.05) is 11.5 Å². The largest absolute Gasteiger partial charge is 0.505 e. The number of imide groups is 1. The van der Waals surface area contributed by atoms with E-state index in [0.29, 0.717) is 17.6 Å². The normalized spacial score (nSPS) is 21.0. The van der Waals surface area contributed by atoms with Crippen molar-refractivity contribution in [3.8, 4) is 5.75 Å². The molecule has 3 aromatic rings. The SMILES string of the molecule is CC(C)C1=C([C@H](O)CC/C(=C/c2ccc(O)c(F)c2)c2ccccc2)[C@H](CO)[C@@H]2C(=O)N(c3cccc([N+](=O)[O-])c3)C(=O)[C@@H]2C1. The van der Waals surface area contributed by atoms with Gasteiger partial charge in [-0.1, -0.05) is 68.0 Å². The summed E-state index contributed by atoms with van der Waals surface area (Å²) < 4.78 is 14.1. The number of carbonyl (C=O) groups excluding carboxylic acids is 2. The van der Waals surface area contributed by atoms with E-state index in [-0.39, 0.29) is 30.1 Å². The molecule has 5 rings (SSSR count). The van der Waals surface area contributed by atoms with Crippen LogP contribution in [0.4, 0.5) is 15.8 Å². The van der Waals surface area contributed by atoms with Gasteiger partial charge in [0.15, 0.2) is 11.6 Å². The summed E-state index contributed by atoms with van der Waals surface area (Å²) in [4.78, 5) is 39.2. The molecule has 0 bridgehead atoms. The van der Waals surface area contributed by atoms with Gasteiger partial charge in [-0.15, -0.1) is 0 Å². The molecule has 0 saturated carbocycles. The number of non-ortho nitro benzene ring substituents is 1. The third-order valence-electron chi connectivity index (χ3n) is 8.82. The van der Waals surface area contributed by atoms with E-state index in [1.807, 2.05) is 44.2 Å². The highest BCUT2D eigenvalue weighted by atomic mass is 19.1. The number of halogens is 1. The minimum atomic E-state index is -1.06. The van der Waals surface area contributed by atoms with Gasteiger partial charge in [-0.3, -0.25) is 19.7 Å². The van der Waals surface area contributed by atoms with Crippen LogP contribution in [-0.2, 0) is 9.59 Å². The first-order chi connectivity index (χ1) is 21.5. The monoisotopic (exact) mass is 614 g/mol. The zero-order chi connectivity index (χ0) is 32.4. The molecule has 0 aromatic heterocycles. The van der Waals surface area contributed by atoms with E-state index in [4.69, 9.17) is 0 Å². The van der Waals surface area contributed by atoms with E-state index >= 15 is 0 Å². The van der Waals surface area contributed by atoms with Crippen molar-refractivity contribution >= 4 is 34.8 Å². The molecule has 1 heterocycles. The molecule has 4 atom stereocenters. The summed E-state index contributed by atoms with van der Waals surface area (Å²) >= 11 is 0. The van der Waals surface area contributed by atoms with Gasteiger partial charge in [0.1, 0.15) is 0 Å². The maximum atomic E-state index is 14.1. The molecule has 2 amide bonds. The summed E-state index contributed by atoms with van der Waals surface area (Å²) in [6.45, 7) is 3.40. The number of aliphatic hydroxyl groups excluding tert-OH is 2. The van der Waals surface area contributed by atoms with Crippen LogP contribution in [0.5, 0.6) is 5.75 Å². The van der Waals surface area contributed by atoms with Crippen LogP contribution < -0.4 is 4.90 Å². The van der Waals surface area contributed by atoms with Crippen LogP contribution in [0.1, 0.15) is 44.2 Å². The molecule has 1 aliphatic heterocycles. The number of anilines is 1. The Hall–Kier alpha value is -4.67. The molecule has 1 fully saturated rings. The summed E-state index contributed by atoms with van der Waals surface area (Å²) in [5.74, 6) is -4.87. The lowest BCUT2D eigenvalue weighted by atomic mass is 9.66. The molecule has 0 unspecified atom stereocenters. The number of phenols is 1. The molecule has 1 saturated heterocycles. The van der Waals surface area contributed by atoms with Crippen LogP contribution in [0.2, 0.25) is 0 Å². The number of aliphatic hydroxyl groups is 2. The number of fused-ring (bicyclic) bond motifs is 1. The van der Waals surface area contributed by atoms with Crippen LogP contribution >= 0.6 is 0 Å². The van der Waals surface area contributed by atoms with Crippen molar-refractivity contribution < 1.29 is 34.2 Å². The predicted molar refractivity (Wildman–Crippen MR) is 167 cm³/mol. The second-order valence-electron chi connectivity index (χ2n) is 11.9. The van der Waals surface area contributed by atoms with E-state index in [2.05, 4.69) is 0 Å². The van der Waals surface area contributed by atoms with E-state index in [1.165, 1.54) is 36.4 Å². The summed E-state index contributed by atoms with van der Waals surface area (Å²) in [5, 5.41) is 43.4. The molecule has 0 spiro atoms. The highest BCUT2D eigenvalue weighted by molar-refractivity contribution is 6.22. The smallest absolute Gasteiger partial charge is 0.271 e.